The minimum Gasteiger partial charge on any atom is -0.273 e. The summed E-state index contributed by atoms with van der Waals surface area (Å²) in [6.45, 7) is 1.69. The molecule has 8 heteroatoms. The fraction of sp³-hybridized carbons (Fsp3) is 0.0588. The highest BCUT2D eigenvalue weighted by molar-refractivity contribution is 7.89. The van der Waals surface area contributed by atoms with Gasteiger partial charge in [-0.15, -0.1) is 4.83 Å². The van der Waals surface area contributed by atoms with Crippen molar-refractivity contribution < 1.29 is 17.6 Å². The molecule has 3 aromatic rings. The van der Waals surface area contributed by atoms with Gasteiger partial charge in [0, 0.05) is 11.1 Å². The Balaban J connectivity index is 1.89. The van der Waals surface area contributed by atoms with Gasteiger partial charge in [-0.1, -0.05) is 18.2 Å². The Morgan fingerprint density at radius 3 is 2.52 bits per heavy atom. The number of aryl methyl sites for hydroxylation is 1. The first-order valence-electron chi connectivity index (χ1n) is 7.31. The van der Waals surface area contributed by atoms with Crippen LogP contribution < -0.4 is 10.3 Å². The van der Waals surface area contributed by atoms with Gasteiger partial charge in [0.2, 0.25) is 0 Å². The first-order chi connectivity index (χ1) is 11.9. The summed E-state index contributed by atoms with van der Waals surface area (Å²) in [7, 11) is -3.91. The zero-order valence-corrected chi connectivity index (χ0v) is 14.0. The minimum absolute atomic E-state index is 0.0112. The predicted molar refractivity (Wildman–Crippen MR) is 90.7 cm³/mol. The van der Waals surface area contributed by atoms with Gasteiger partial charge >= 0.3 is 0 Å². The average Bonchev–Trinajstić information content (AvgIpc) is 2.60. The lowest BCUT2D eigenvalue weighted by molar-refractivity contribution is 0.0946. The molecule has 0 saturated carbocycles. The van der Waals surface area contributed by atoms with E-state index in [1.807, 2.05) is 4.83 Å². The van der Waals surface area contributed by atoms with Gasteiger partial charge in [-0.25, -0.2) is 12.8 Å². The van der Waals surface area contributed by atoms with E-state index in [1.54, 1.807) is 25.1 Å². The van der Waals surface area contributed by atoms with E-state index in [4.69, 9.17) is 0 Å². The molecule has 6 nitrogen and oxygen atoms in total. The molecule has 25 heavy (non-hydrogen) atoms. The van der Waals surface area contributed by atoms with Crippen LogP contribution in [0.4, 0.5) is 4.39 Å². The number of pyridine rings is 1. The van der Waals surface area contributed by atoms with Gasteiger partial charge in [-0.3, -0.25) is 15.2 Å². The number of carbonyl (C=O) groups excluding carboxylic acids is 1. The molecule has 3 rings (SSSR count). The molecule has 2 N–H and O–H groups in total. The van der Waals surface area contributed by atoms with E-state index in [-0.39, 0.29) is 10.5 Å². The number of rotatable bonds is 4. The maximum Gasteiger partial charge on any atom is 0.266 e. The summed E-state index contributed by atoms with van der Waals surface area (Å²) in [5, 5.41) is 0.294. The Hall–Kier alpha value is -2.84. The SMILES string of the molecule is Cc1cc(C(=O)NNS(=O)(=O)c2ccccc2)c2cc(F)ccc2n1. The van der Waals surface area contributed by atoms with Gasteiger partial charge in [-0.05, 0) is 43.3 Å². The van der Waals surface area contributed by atoms with Crippen LogP contribution >= 0.6 is 0 Å². The minimum atomic E-state index is -3.91. The largest absolute Gasteiger partial charge is 0.273 e. The number of hydrazine groups is 1. The normalized spacial score (nSPS) is 11.4. The van der Waals surface area contributed by atoms with Crippen molar-refractivity contribution in [3.05, 3.63) is 71.7 Å². The van der Waals surface area contributed by atoms with Crippen molar-refractivity contribution in [1.29, 1.82) is 0 Å². The fourth-order valence-corrected chi connectivity index (χ4v) is 3.22. The Labute approximate surface area is 143 Å². The number of halogens is 1. The van der Waals surface area contributed by atoms with Crippen LogP contribution in [0.5, 0.6) is 0 Å². The summed E-state index contributed by atoms with van der Waals surface area (Å²) in [4.78, 5) is 18.7. The highest BCUT2D eigenvalue weighted by Crippen LogP contribution is 2.19. The van der Waals surface area contributed by atoms with Crippen LogP contribution in [-0.2, 0) is 10.0 Å². The smallest absolute Gasteiger partial charge is 0.266 e. The van der Waals surface area contributed by atoms with Crippen LogP contribution in [0.2, 0.25) is 0 Å². The maximum absolute atomic E-state index is 13.5. The molecule has 0 radical (unpaired) electrons. The van der Waals surface area contributed by atoms with Crippen LogP contribution in [0.15, 0.2) is 59.5 Å². The van der Waals surface area contributed by atoms with Crippen LogP contribution in [0.3, 0.4) is 0 Å². The van der Waals surface area contributed by atoms with E-state index < -0.39 is 21.7 Å². The van der Waals surface area contributed by atoms with Crippen LogP contribution in [0.1, 0.15) is 16.1 Å². The summed E-state index contributed by atoms with van der Waals surface area (Å²) in [6.07, 6.45) is 0. The monoisotopic (exact) mass is 359 g/mol. The molecule has 128 valence electrons. The zero-order chi connectivity index (χ0) is 18.0. The van der Waals surface area contributed by atoms with E-state index in [2.05, 4.69) is 10.4 Å². The third-order valence-corrected chi connectivity index (χ3v) is 4.76. The maximum atomic E-state index is 13.5. The third-order valence-electron chi connectivity index (χ3n) is 3.50. The molecule has 0 aliphatic carbocycles. The van der Waals surface area contributed by atoms with Crippen LogP contribution in [0.25, 0.3) is 10.9 Å². The molecule has 1 heterocycles. The van der Waals surface area contributed by atoms with E-state index in [0.717, 1.165) is 0 Å². The lowest BCUT2D eigenvalue weighted by Gasteiger charge is -2.11. The highest BCUT2D eigenvalue weighted by atomic mass is 32.2. The quantitative estimate of drug-likeness (QED) is 0.700. The third kappa shape index (κ3) is 3.65. The lowest BCUT2D eigenvalue weighted by Crippen LogP contribution is -2.41. The van der Waals surface area contributed by atoms with Gasteiger partial charge in [-0.2, -0.15) is 0 Å². The number of amides is 1. The Morgan fingerprint density at radius 1 is 1.08 bits per heavy atom. The second-order valence-electron chi connectivity index (χ2n) is 5.35. The summed E-state index contributed by atoms with van der Waals surface area (Å²) >= 11 is 0. The molecule has 0 fully saturated rings. The molecule has 0 unspecified atom stereocenters. The van der Waals surface area contributed by atoms with Gasteiger partial charge in [0.25, 0.3) is 15.9 Å². The van der Waals surface area contributed by atoms with Crippen molar-refractivity contribution in [2.75, 3.05) is 0 Å². The van der Waals surface area contributed by atoms with Crippen molar-refractivity contribution in [2.45, 2.75) is 11.8 Å². The first-order valence-corrected chi connectivity index (χ1v) is 8.79. The standard InChI is InChI=1S/C17H14FN3O3S/c1-11-9-15(14-10-12(18)7-8-16(14)19-11)17(22)20-21-25(23,24)13-5-3-2-4-6-13/h2-10,21H,1H3,(H,20,22). The Bertz CT molecular complexity index is 1050. The lowest BCUT2D eigenvalue weighted by atomic mass is 10.1. The number of nitrogens with one attached hydrogen (secondary N) is 2. The van der Waals surface area contributed by atoms with Gasteiger partial charge in [0.05, 0.1) is 16.0 Å². The second kappa shape index (κ2) is 6.58. The second-order valence-corrected chi connectivity index (χ2v) is 7.03. The number of hydrogen-bond acceptors (Lipinski definition) is 4. The van der Waals surface area contributed by atoms with Gasteiger partial charge in [0.15, 0.2) is 0 Å². The summed E-state index contributed by atoms with van der Waals surface area (Å²) in [5.74, 6) is -1.22. The summed E-state index contributed by atoms with van der Waals surface area (Å²) in [5.41, 5.74) is 3.27. The molecular weight excluding hydrogens is 345 g/mol. The summed E-state index contributed by atoms with van der Waals surface area (Å²) < 4.78 is 37.8. The molecule has 0 atom stereocenters. The number of fused-ring (bicyclic) bond motifs is 1. The van der Waals surface area contributed by atoms with E-state index in [9.17, 15) is 17.6 Å². The molecule has 0 saturated heterocycles. The number of hydrogen-bond donors (Lipinski definition) is 2. The topological polar surface area (TPSA) is 88.2 Å². The molecule has 1 amide bonds. The fourth-order valence-electron chi connectivity index (χ4n) is 2.36. The summed E-state index contributed by atoms with van der Waals surface area (Å²) in [6, 6.07) is 13.0. The van der Waals surface area contributed by atoms with Gasteiger partial charge < -0.3 is 0 Å². The highest BCUT2D eigenvalue weighted by Gasteiger charge is 2.17. The number of sulfonamides is 1. The number of carbonyl (C=O) groups is 1. The molecular formula is C17H14FN3O3S. The van der Waals surface area contributed by atoms with Crippen LogP contribution in [0, 0.1) is 12.7 Å². The van der Waals surface area contributed by atoms with Crippen molar-refractivity contribution in [3.63, 3.8) is 0 Å². The predicted octanol–water partition coefficient (Wildman–Crippen LogP) is 2.31. The Morgan fingerprint density at radius 2 is 1.80 bits per heavy atom. The Kier molecular flexibility index (Phi) is 4.47. The van der Waals surface area contributed by atoms with Crippen molar-refractivity contribution in [1.82, 2.24) is 15.2 Å². The molecule has 0 bridgehead atoms. The number of aromatic nitrogens is 1. The molecule has 1 aromatic heterocycles. The van der Waals surface area contributed by atoms with Crippen molar-refractivity contribution >= 4 is 26.8 Å². The van der Waals surface area contributed by atoms with E-state index in [1.165, 1.54) is 36.4 Å². The van der Waals surface area contributed by atoms with Gasteiger partial charge in [0.1, 0.15) is 5.82 Å². The molecule has 0 aliphatic rings. The average molecular weight is 359 g/mol. The number of nitrogens with zero attached hydrogens (tertiary/aromatic N) is 1. The van der Waals surface area contributed by atoms with Crippen molar-refractivity contribution in [2.24, 2.45) is 0 Å². The first kappa shape index (κ1) is 17.0. The zero-order valence-electron chi connectivity index (χ0n) is 13.2. The molecule has 2 aromatic carbocycles. The molecule has 0 aliphatic heterocycles. The van der Waals surface area contributed by atoms with E-state index in [0.29, 0.717) is 16.6 Å². The van der Waals surface area contributed by atoms with E-state index >= 15 is 0 Å². The molecule has 0 spiro atoms. The van der Waals surface area contributed by atoms with Crippen molar-refractivity contribution in [3.8, 4) is 0 Å². The number of benzene rings is 2. The van der Waals surface area contributed by atoms with Crippen LogP contribution in [-0.4, -0.2) is 19.3 Å².